The SMILES string of the molecule is Cc1cc(NC(=O)C(C)n2ccc(N)n2)nn1C. The average Bonchev–Trinajstić information content (AvgIpc) is 2.85. The lowest BCUT2D eigenvalue weighted by Crippen LogP contribution is -2.24. The highest BCUT2D eigenvalue weighted by atomic mass is 16.2. The minimum atomic E-state index is -0.440. The molecule has 1 unspecified atom stereocenters. The molecule has 0 aromatic carbocycles. The summed E-state index contributed by atoms with van der Waals surface area (Å²) >= 11 is 0. The van der Waals surface area contributed by atoms with E-state index in [0.29, 0.717) is 11.6 Å². The monoisotopic (exact) mass is 248 g/mol. The second kappa shape index (κ2) is 4.52. The quantitative estimate of drug-likeness (QED) is 0.836. The van der Waals surface area contributed by atoms with Gasteiger partial charge in [0.2, 0.25) is 5.91 Å². The molecule has 0 saturated heterocycles. The van der Waals surface area contributed by atoms with Crippen LogP contribution in [0.2, 0.25) is 0 Å². The third-order valence-corrected chi connectivity index (χ3v) is 2.77. The van der Waals surface area contributed by atoms with E-state index in [0.717, 1.165) is 5.69 Å². The van der Waals surface area contributed by atoms with Crippen molar-refractivity contribution in [1.29, 1.82) is 0 Å². The van der Waals surface area contributed by atoms with Crippen LogP contribution >= 0.6 is 0 Å². The van der Waals surface area contributed by atoms with E-state index < -0.39 is 6.04 Å². The Morgan fingerprint density at radius 2 is 2.22 bits per heavy atom. The van der Waals surface area contributed by atoms with Gasteiger partial charge in [0.25, 0.3) is 0 Å². The Hall–Kier alpha value is -2.31. The van der Waals surface area contributed by atoms with Crippen LogP contribution in [0.4, 0.5) is 11.6 Å². The van der Waals surface area contributed by atoms with Crippen LogP contribution in [0.1, 0.15) is 18.7 Å². The lowest BCUT2D eigenvalue weighted by atomic mass is 10.3. The standard InChI is InChI=1S/C11H16N6O/c1-7-6-10(15-16(7)3)13-11(18)8(2)17-5-4-9(12)14-17/h4-6,8H,1-3H3,(H2,12,14)(H,13,15,18). The van der Waals surface area contributed by atoms with Gasteiger partial charge in [0.05, 0.1) is 0 Å². The minimum Gasteiger partial charge on any atom is -0.382 e. The zero-order chi connectivity index (χ0) is 13.3. The number of nitrogen functional groups attached to an aromatic ring is 1. The van der Waals surface area contributed by atoms with E-state index in [1.807, 2.05) is 20.0 Å². The molecule has 2 aromatic heterocycles. The highest BCUT2D eigenvalue weighted by molar-refractivity contribution is 5.92. The van der Waals surface area contributed by atoms with Gasteiger partial charge in [0.15, 0.2) is 5.82 Å². The fraction of sp³-hybridized carbons (Fsp3) is 0.364. The first-order valence-electron chi connectivity index (χ1n) is 5.59. The Morgan fingerprint density at radius 1 is 1.50 bits per heavy atom. The topological polar surface area (TPSA) is 90.8 Å². The molecule has 7 nitrogen and oxygen atoms in total. The number of nitrogens with zero attached hydrogens (tertiary/aromatic N) is 4. The van der Waals surface area contributed by atoms with Crippen LogP contribution in [0.5, 0.6) is 0 Å². The molecule has 18 heavy (non-hydrogen) atoms. The highest BCUT2D eigenvalue weighted by Gasteiger charge is 2.17. The number of nitrogens with one attached hydrogen (secondary N) is 1. The van der Waals surface area contributed by atoms with Crippen LogP contribution in [-0.2, 0) is 11.8 Å². The number of anilines is 2. The van der Waals surface area contributed by atoms with Crippen molar-refractivity contribution in [2.45, 2.75) is 19.9 Å². The Morgan fingerprint density at radius 3 is 2.72 bits per heavy atom. The summed E-state index contributed by atoms with van der Waals surface area (Å²) in [6, 6.07) is 3.01. The molecular formula is C11H16N6O. The predicted molar refractivity (Wildman–Crippen MR) is 67.9 cm³/mol. The lowest BCUT2D eigenvalue weighted by Gasteiger charge is -2.10. The van der Waals surface area contributed by atoms with Gasteiger partial charge >= 0.3 is 0 Å². The Balaban J connectivity index is 2.08. The predicted octanol–water partition coefficient (Wildman–Crippen LogP) is 0.707. The Bertz CT molecular complexity index is 550. The van der Waals surface area contributed by atoms with Crippen molar-refractivity contribution in [3.63, 3.8) is 0 Å². The summed E-state index contributed by atoms with van der Waals surface area (Å²) in [6.45, 7) is 3.66. The second-order valence-electron chi connectivity index (χ2n) is 4.18. The summed E-state index contributed by atoms with van der Waals surface area (Å²) < 4.78 is 3.21. The van der Waals surface area contributed by atoms with E-state index in [2.05, 4.69) is 15.5 Å². The molecule has 0 aliphatic rings. The molecule has 0 aliphatic carbocycles. The number of nitrogens with two attached hydrogens (primary N) is 1. The van der Waals surface area contributed by atoms with Crippen molar-refractivity contribution < 1.29 is 4.79 Å². The third-order valence-electron chi connectivity index (χ3n) is 2.77. The van der Waals surface area contributed by atoms with Crippen LogP contribution in [0.15, 0.2) is 18.3 Å². The van der Waals surface area contributed by atoms with Crippen molar-refractivity contribution in [3.8, 4) is 0 Å². The van der Waals surface area contributed by atoms with Crippen LogP contribution in [-0.4, -0.2) is 25.5 Å². The third kappa shape index (κ3) is 2.34. The van der Waals surface area contributed by atoms with Crippen LogP contribution < -0.4 is 11.1 Å². The number of hydrogen-bond donors (Lipinski definition) is 2. The fourth-order valence-electron chi connectivity index (χ4n) is 1.54. The molecule has 3 N–H and O–H groups in total. The van der Waals surface area contributed by atoms with Crippen LogP contribution in [0.3, 0.4) is 0 Å². The molecule has 96 valence electrons. The zero-order valence-corrected chi connectivity index (χ0v) is 10.6. The maximum atomic E-state index is 12.0. The molecule has 2 heterocycles. The first-order chi connectivity index (χ1) is 8.47. The summed E-state index contributed by atoms with van der Waals surface area (Å²) in [7, 11) is 1.82. The van der Waals surface area contributed by atoms with Crippen molar-refractivity contribution in [1.82, 2.24) is 19.6 Å². The van der Waals surface area contributed by atoms with E-state index >= 15 is 0 Å². The van der Waals surface area contributed by atoms with Gasteiger partial charge < -0.3 is 11.1 Å². The van der Waals surface area contributed by atoms with Crippen molar-refractivity contribution in [2.75, 3.05) is 11.1 Å². The van der Waals surface area contributed by atoms with Gasteiger partial charge in [-0.15, -0.1) is 0 Å². The molecule has 1 amide bonds. The molecule has 2 rings (SSSR count). The van der Waals surface area contributed by atoms with Crippen LogP contribution in [0, 0.1) is 6.92 Å². The normalized spacial score (nSPS) is 12.4. The molecule has 0 saturated carbocycles. The molecule has 2 aromatic rings. The van der Waals surface area contributed by atoms with E-state index in [-0.39, 0.29) is 5.91 Å². The first-order valence-corrected chi connectivity index (χ1v) is 5.59. The molecule has 0 aliphatic heterocycles. The highest BCUT2D eigenvalue weighted by Crippen LogP contribution is 2.12. The molecule has 1 atom stereocenters. The summed E-state index contributed by atoms with van der Waals surface area (Å²) in [5.74, 6) is 0.742. The van der Waals surface area contributed by atoms with Crippen molar-refractivity contribution in [2.24, 2.45) is 7.05 Å². The molecule has 0 fully saturated rings. The Kier molecular flexibility index (Phi) is 3.05. The molecule has 7 heteroatoms. The number of carbonyl (C=O) groups excluding carboxylic acids is 1. The summed E-state index contributed by atoms with van der Waals surface area (Å²) in [5, 5.41) is 10.9. The molecule has 0 radical (unpaired) electrons. The van der Waals surface area contributed by atoms with Gasteiger partial charge in [0.1, 0.15) is 11.9 Å². The number of amides is 1. The first kappa shape index (κ1) is 12.2. The summed E-state index contributed by atoms with van der Waals surface area (Å²) in [5.41, 5.74) is 6.49. The van der Waals surface area contributed by atoms with E-state index in [4.69, 9.17) is 5.73 Å². The van der Waals surface area contributed by atoms with E-state index in [9.17, 15) is 4.79 Å². The molecular weight excluding hydrogens is 232 g/mol. The number of hydrogen-bond acceptors (Lipinski definition) is 4. The fourth-order valence-corrected chi connectivity index (χ4v) is 1.54. The van der Waals surface area contributed by atoms with Crippen molar-refractivity contribution in [3.05, 3.63) is 24.0 Å². The van der Waals surface area contributed by atoms with Gasteiger partial charge in [-0.25, -0.2) is 0 Å². The van der Waals surface area contributed by atoms with Gasteiger partial charge in [-0.1, -0.05) is 0 Å². The van der Waals surface area contributed by atoms with Crippen molar-refractivity contribution >= 4 is 17.5 Å². The molecule has 0 bridgehead atoms. The van der Waals surface area contributed by atoms with E-state index in [1.54, 1.807) is 23.9 Å². The minimum absolute atomic E-state index is 0.184. The zero-order valence-electron chi connectivity index (χ0n) is 10.6. The number of carbonyl (C=O) groups is 1. The number of aromatic nitrogens is 4. The average molecular weight is 248 g/mol. The Labute approximate surface area is 105 Å². The van der Waals surface area contributed by atoms with Gasteiger partial charge in [0, 0.05) is 25.0 Å². The maximum absolute atomic E-state index is 12.0. The maximum Gasteiger partial charge on any atom is 0.250 e. The molecule has 0 spiro atoms. The smallest absolute Gasteiger partial charge is 0.250 e. The van der Waals surface area contributed by atoms with Gasteiger partial charge in [-0.05, 0) is 19.9 Å². The summed E-state index contributed by atoms with van der Waals surface area (Å²) in [6.07, 6.45) is 1.67. The largest absolute Gasteiger partial charge is 0.382 e. The second-order valence-corrected chi connectivity index (χ2v) is 4.18. The van der Waals surface area contributed by atoms with Crippen LogP contribution in [0.25, 0.3) is 0 Å². The van der Waals surface area contributed by atoms with E-state index in [1.165, 1.54) is 4.68 Å². The number of aryl methyl sites for hydroxylation is 2. The lowest BCUT2D eigenvalue weighted by molar-refractivity contribution is -0.119. The summed E-state index contributed by atoms with van der Waals surface area (Å²) in [4.78, 5) is 12.0. The number of rotatable bonds is 3. The van der Waals surface area contributed by atoms with Gasteiger partial charge in [-0.3, -0.25) is 14.2 Å². The van der Waals surface area contributed by atoms with Gasteiger partial charge in [-0.2, -0.15) is 10.2 Å².